The Bertz CT molecular complexity index is 218. The Kier molecular flexibility index (Phi) is 7.42. The van der Waals surface area contributed by atoms with Crippen LogP contribution >= 0.6 is 0 Å². The van der Waals surface area contributed by atoms with Gasteiger partial charge in [0.05, 0.1) is 0 Å². The van der Waals surface area contributed by atoms with Crippen LogP contribution in [-0.4, -0.2) is 13.1 Å². The molecule has 0 amide bonds. The van der Waals surface area contributed by atoms with Crippen molar-refractivity contribution in [1.82, 2.24) is 5.32 Å². The fraction of sp³-hybridized carbons (Fsp3) is 1.00. The highest BCUT2D eigenvalue weighted by Gasteiger charge is 2.29. The van der Waals surface area contributed by atoms with Gasteiger partial charge in [0.15, 0.2) is 0 Å². The zero-order chi connectivity index (χ0) is 14.3. The van der Waals surface area contributed by atoms with Crippen LogP contribution in [0.5, 0.6) is 0 Å². The molecule has 1 heteroatoms. The SMILES string of the molecule is CC(C)CCCCNCC1CCC(C(C)(C)C)CC1. The summed E-state index contributed by atoms with van der Waals surface area (Å²) in [5.41, 5.74) is 0.523. The van der Waals surface area contributed by atoms with Gasteiger partial charge in [-0.15, -0.1) is 0 Å². The topological polar surface area (TPSA) is 12.0 Å². The number of hydrogen-bond donors (Lipinski definition) is 1. The minimum absolute atomic E-state index is 0.523. The van der Waals surface area contributed by atoms with Gasteiger partial charge in [-0.2, -0.15) is 0 Å². The van der Waals surface area contributed by atoms with E-state index < -0.39 is 0 Å². The lowest BCUT2D eigenvalue weighted by Gasteiger charge is -2.37. The predicted octanol–water partition coefficient (Wildman–Crippen LogP) is 5.25. The molecule has 0 heterocycles. The normalized spacial score (nSPS) is 24.9. The van der Waals surface area contributed by atoms with Gasteiger partial charge >= 0.3 is 0 Å². The molecule has 1 N–H and O–H groups in total. The van der Waals surface area contributed by atoms with E-state index in [1.54, 1.807) is 0 Å². The standard InChI is InChI=1S/C18H37N/c1-15(2)8-6-7-13-19-14-16-9-11-17(12-10-16)18(3,4)5/h15-17,19H,6-14H2,1-5H3. The van der Waals surface area contributed by atoms with E-state index in [1.807, 2.05) is 0 Å². The maximum absolute atomic E-state index is 3.68. The average molecular weight is 268 g/mol. The van der Waals surface area contributed by atoms with E-state index in [4.69, 9.17) is 0 Å². The molecule has 0 saturated heterocycles. The first-order valence-corrected chi connectivity index (χ1v) is 8.60. The lowest BCUT2D eigenvalue weighted by Crippen LogP contribution is -2.31. The van der Waals surface area contributed by atoms with E-state index in [0.717, 1.165) is 17.8 Å². The van der Waals surface area contributed by atoms with Crippen molar-refractivity contribution in [3.8, 4) is 0 Å². The highest BCUT2D eigenvalue weighted by atomic mass is 14.9. The largest absolute Gasteiger partial charge is 0.316 e. The monoisotopic (exact) mass is 267 g/mol. The minimum Gasteiger partial charge on any atom is -0.316 e. The number of nitrogens with one attached hydrogen (secondary N) is 1. The fourth-order valence-electron chi connectivity index (χ4n) is 3.34. The molecular weight excluding hydrogens is 230 g/mol. The summed E-state index contributed by atoms with van der Waals surface area (Å²) < 4.78 is 0. The molecule has 1 rings (SSSR count). The van der Waals surface area contributed by atoms with Crippen molar-refractivity contribution >= 4 is 0 Å². The summed E-state index contributed by atoms with van der Waals surface area (Å²) in [6, 6.07) is 0. The number of hydrogen-bond acceptors (Lipinski definition) is 1. The summed E-state index contributed by atoms with van der Waals surface area (Å²) in [5.74, 6) is 2.77. The molecule has 1 nitrogen and oxygen atoms in total. The van der Waals surface area contributed by atoms with Gasteiger partial charge in [-0.1, -0.05) is 47.5 Å². The molecule has 0 radical (unpaired) electrons. The second-order valence-electron chi connectivity index (χ2n) is 8.18. The second-order valence-corrected chi connectivity index (χ2v) is 8.18. The van der Waals surface area contributed by atoms with Gasteiger partial charge in [-0.05, 0) is 68.4 Å². The van der Waals surface area contributed by atoms with Crippen molar-refractivity contribution < 1.29 is 0 Å². The zero-order valence-corrected chi connectivity index (χ0v) is 14.1. The van der Waals surface area contributed by atoms with Crippen molar-refractivity contribution in [2.75, 3.05) is 13.1 Å². The molecule has 114 valence electrons. The highest BCUT2D eigenvalue weighted by molar-refractivity contribution is 4.81. The van der Waals surface area contributed by atoms with Gasteiger partial charge in [0.25, 0.3) is 0 Å². The van der Waals surface area contributed by atoms with Gasteiger partial charge < -0.3 is 5.32 Å². The Morgan fingerprint density at radius 1 is 1.00 bits per heavy atom. The van der Waals surface area contributed by atoms with Crippen LogP contribution in [0.4, 0.5) is 0 Å². The molecule has 0 aromatic rings. The zero-order valence-electron chi connectivity index (χ0n) is 14.1. The summed E-state index contributed by atoms with van der Waals surface area (Å²) >= 11 is 0. The summed E-state index contributed by atoms with van der Waals surface area (Å²) in [6.07, 6.45) is 9.92. The van der Waals surface area contributed by atoms with Gasteiger partial charge in [0.2, 0.25) is 0 Å². The third-order valence-electron chi connectivity index (χ3n) is 4.89. The van der Waals surface area contributed by atoms with E-state index in [9.17, 15) is 0 Å². The summed E-state index contributed by atoms with van der Waals surface area (Å²) in [6.45, 7) is 14.4. The van der Waals surface area contributed by atoms with Crippen LogP contribution in [0.15, 0.2) is 0 Å². The molecule has 0 unspecified atom stereocenters. The quantitative estimate of drug-likeness (QED) is 0.621. The van der Waals surface area contributed by atoms with Gasteiger partial charge in [0.1, 0.15) is 0 Å². The van der Waals surface area contributed by atoms with Crippen LogP contribution in [-0.2, 0) is 0 Å². The van der Waals surface area contributed by atoms with E-state index in [-0.39, 0.29) is 0 Å². The Hall–Kier alpha value is -0.0400. The summed E-state index contributed by atoms with van der Waals surface area (Å²) in [5, 5.41) is 3.68. The first kappa shape index (κ1) is 17.0. The van der Waals surface area contributed by atoms with Crippen LogP contribution in [0, 0.1) is 23.2 Å². The van der Waals surface area contributed by atoms with Crippen molar-refractivity contribution in [2.45, 2.75) is 79.6 Å². The molecule has 1 aliphatic rings. The van der Waals surface area contributed by atoms with E-state index in [0.29, 0.717) is 5.41 Å². The van der Waals surface area contributed by atoms with Gasteiger partial charge in [0, 0.05) is 0 Å². The second kappa shape index (κ2) is 8.29. The predicted molar refractivity (Wildman–Crippen MR) is 86.5 cm³/mol. The molecule has 1 saturated carbocycles. The smallest absolute Gasteiger partial charge is 0.00205 e. The summed E-state index contributed by atoms with van der Waals surface area (Å²) in [7, 11) is 0. The van der Waals surface area contributed by atoms with Crippen molar-refractivity contribution in [2.24, 2.45) is 23.2 Å². The number of unbranched alkanes of at least 4 members (excludes halogenated alkanes) is 1. The molecule has 0 aromatic heterocycles. The lowest BCUT2D eigenvalue weighted by molar-refractivity contribution is 0.149. The van der Waals surface area contributed by atoms with E-state index >= 15 is 0 Å². The molecule has 1 fully saturated rings. The third-order valence-corrected chi connectivity index (χ3v) is 4.89. The molecule has 0 aliphatic heterocycles. The highest BCUT2D eigenvalue weighted by Crippen LogP contribution is 2.39. The molecule has 0 aromatic carbocycles. The molecule has 0 bridgehead atoms. The van der Waals surface area contributed by atoms with Crippen molar-refractivity contribution in [1.29, 1.82) is 0 Å². The number of rotatable bonds is 7. The summed E-state index contributed by atoms with van der Waals surface area (Å²) in [4.78, 5) is 0. The fourth-order valence-corrected chi connectivity index (χ4v) is 3.34. The molecule has 0 spiro atoms. The van der Waals surface area contributed by atoms with Crippen molar-refractivity contribution in [3.05, 3.63) is 0 Å². The van der Waals surface area contributed by atoms with E-state index in [2.05, 4.69) is 39.9 Å². The molecule has 1 aliphatic carbocycles. The molecular formula is C18H37N. The average Bonchev–Trinajstić information content (AvgIpc) is 2.32. The third kappa shape index (κ3) is 7.34. The van der Waals surface area contributed by atoms with Gasteiger partial charge in [-0.3, -0.25) is 0 Å². The Morgan fingerprint density at radius 3 is 2.16 bits per heavy atom. The Morgan fingerprint density at radius 2 is 1.63 bits per heavy atom. The van der Waals surface area contributed by atoms with Crippen molar-refractivity contribution in [3.63, 3.8) is 0 Å². The van der Waals surface area contributed by atoms with Crippen LogP contribution in [0.2, 0.25) is 0 Å². The molecule has 19 heavy (non-hydrogen) atoms. The minimum atomic E-state index is 0.523. The van der Waals surface area contributed by atoms with E-state index in [1.165, 1.54) is 58.0 Å². The van der Waals surface area contributed by atoms with Crippen LogP contribution in [0.1, 0.15) is 79.6 Å². The Balaban J connectivity index is 2.01. The van der Waals surface area contributed by atoms with Crippen LogP contribution in [0.25, 0.3) is 0 Å². The lowest BCUT2D eigenvalue weighted by atomic mass is 9.70. The van der Waals surface area contributed by atoms with Crippen LogP contribution < -0.4 is 5.32 Å². The Labute approximate surface area is 121 Å². The molecule has 0 atom stereocenters. The first-order chi connectivity index (χ1) is 8.89. The van der Waals surface area contributed by atoms with Crippen LogP contribution in [0.3, 0.4) is 0 Å². The maximum Gasteiger partial charge on any atom is -0.00205 e. The maximum atomic E-state index is 3.68. The van der Waals surface area contributed by atoms with Gasteiger partial charge in [-0.25, -0.2) is 0 Å². The first-order valence-electron chi connectivity index (χ1n) is 8.60.